The van der Waals surface area contributed by atoms with E-state index in [1.54, 1.807) is 0 Å². The summed E-state index contributed by atoms with van der Waals surface area (Å²) in [6, 6.07) is 18.8. The molecule has 4 nitrogen and oxygen atoms in total. The lowest BCUT2D eigenvalue weighted by Crippen LogP contribution is -2.39. The van der Waals surface area contributed by atoms with Crippen LogP contribution in [0.4, 0.5) is 0 Å². The Hall–Kier alpha value is -2.33. The molecule has 0 spiro atoms. The number of hydrogen-bond acceptors (Lipinski definition) is 3. The lowest BCUT2D eigenvalue weighted by Gasteiger charge is -2.30. The number of ether oxygens (including phenoxy) is 2. The summed E-state index contributed by atoms with van der Waals surface area (Å²) in [4.78, 5) is 12.1. The standard InChI is InChI=1S/C35H56NO3/c1-4-5-6-7-8-9-10-11-12-13-14-16-22-32-25-21-26-34(29-32)38-31-39-35(37)27-19-20-28-36(2,3)30-33-23-17-15-18-24-33/h15,17-18,21,23-26,29H,4-14,16,19-20,22,27-28,30-31H2,1-3H3/q+1. The third kappa shape index (κ3) is 17.1. The van der Waals surface area contributed by atoms with Gasteiger partial charge in [0.2, 0.25) is 6.79 Å². The molecule has 0 atom stereocenters. The molecule has 0 radical (unpaired) electrons. The van der Waals surface area contributed by atoms with E-state index in [0.717, 1.165) is 42.6 Å². The highest BCUT2D eigenvalue weighted by Gasteiger charge is 2.15. The fourth-order valence-electron chi connectivity index (χ4n) is 5.16. The molecule has 0 fully saturated rings. The molecule has 2 aromatic rings. The SMILES string of the molecule is CCCCCCCCCCCCCCc1cccc(OCOC(=O)CCCC[N+](C)(C)Cc2ccccc2)c1. The van der Waals surface area contributed by atoms with Crippen molar-refractivity contribution in [3.8, 4) is 5.75 Å². The molecule has 0 N–H and O–H groups in total. The molecule has 0 aliphatic heterocycles. The van der Waals surface area contributed by atoms with Crippen molar-refractivity contribution in [1.29, 1.82) is 0 Å². The van der Waals surface area contributed by atoms with Crippen LogP contribution in [0.15, 0.2) is 54.6 Å². The lowest BCUT2D eigenvalue weighted by atomic mass is 10.0. The first-order valence-electron chi connectivity index (χ1n) is 15.7. The Kier molecular flexibility index (Phi) is 17.3. The average molecular weight is 539 g/mol. The van der Waals surface area contributed by atoms with Crippen LogP contribution < -0.4 is 4.74 Å². The number of quaternary nitrogens is 1. The first-order chi connectivity index (χ1) is 19.0. The minimum Gasteiger partial charge on any atom is -0.457 e. The quantitative estimate of drug-likeness (QED) is 0.0612. The van der Waals surface area contributed by atoms with Gasteiger partial charge in [0.05, 0.1) is 20.6 Å². The molecule has 2 aromatic carbocycles. The summed E-state index contributed by atoms with van der Waals surface area (Å²) in [5.41, 5.74) is 2.64. The predicted molar refractivity (Wildman–Crippen MR) is 164 cm³/mol. The number of rotatable bonds is 23. The van der Waals surface area contributed by atoms with Crippen LogP contribution in [0.1, 0.15) is 114 Å². The molecule has 0 aromatic heterocycles. The largest absolute Gasteiger partial charge is 0.457 e. The van der Waals surface area contributed by atoms with E-state index in [0.29, 0.717) is 6.42 Å². The van der Waals surface area contributed by atoms with Gasteiger partial charge in [0, 0.05) is 12.0 Å². The van der Waals surface area contributed by atoms with Crippen LogP contribution in [0.25, 0.3) is 0 Å². The zero-order valence-electron chi connectivity index (χ0n) is 25.3. The molecular formula is C35H56NO3+. The van der Waals surface area contributed by atoms with Crippen LogP contribution >= 0.6 is 0 Å². The van der Waals surface area contributed by atoms with Gasteiger partial charge in [-0.05, 0) is 43.4 Å². The van der Waals surface area contributed by atoms with E-state index in [-0.39, 0.29) is 12.8 Å². The van der Waals surface area contributed by atoms with Crippen molar-refractivity contribution in [1.82, 2.24) is 0 Å². The Morgan fingerprint density at radius 3 is 1.97 bits per heavy atom. The van der Waals surface area contributed by atoms with Crippen LogP contribution in [0.3, 0.4) is 0 Å². The van der Waals surface area contributed by atoms with Gasteiger partial charge in [-0.25, -0.2) is 0 Å². The highest BCUT2D eigenvalue weighted by atomic mass is 16.7. The number of carbonyl (C=O) groups excluding carboxylic acids is 1. The maximum atomic E-state index is 12.1. The van der Waals surface area contributed by atoms with Gasteiger partial charge < -0.3 is 14.0 Å². The van der Waals surface area contributed by atoms with Crippen LogP contribution in [0.5, 0.6) is 5.75 Å². The van der Waals surface area contributed by atoms with E-state index in [9.17, 15) is 4.79 Å². The Bertz CT molecular complexity index is 880. The van der Waals surface area contributed by atoms with Crippen molar-refractivity contribution in [2.75, 3.05) is 27.4 Å². The fourth-order valence-corrected chi connectivity index (χ4v) is 5.16. The van der Waals surface area contributed by atoms with Crippen molar-refractivity contribution >= 4 is 5.97 Å². The maximum absolute atomic E-state index is 12.1. The third-order valence-corrected chi connectivity index (χ3v) is 7.51. The number of esters is 1. The molecule has 218 valence electrons. The molecule has 0 saturated carbocycles. The van der Waals surface area contributed by atoms with Crippen LogP contribution in [0, 0.1) is 0 Å². The first kappa shape index (κ1) is 32.9. The summed E-state index contributed by atoms with van der Waals surface area (Å²) in [5, 5.41) is 0. The van der Waals surface area contributed by atoms with Crippen molar-refractivity contribution in [2.24, 2.45) is 0 Å². The van der Waals surface area contributed by atoms with Gasteiger partial charge >= 0.3 is 5.97 Å². The maximum Gasteiger partial charge on any atom is 0.308 e. The summed E-state index contributed by atoms with van der Waals surface area (Å²) in [6.07, 6.45) is 19.8. The minimum absolute atomic E-state index is 0.0174. The van der Waals surface area contributed by atoms with Crippen molar-refractivity contribution < 1.29 is 18.8 Å². The molecule has 0 amide bonds. The Labute approximate surface area is 239 Å². The van der Waals surface area contributed by atoms with E-state index in [4.69, 9.17) is 9.47 Å². The van der Waals surface area contributed by atoms with E-state index < -0.39 is 0 Å². The van der Waals surface area contributed by atoms with Crippen molar-refractivity contribution in [2.45, 2.75) is 116 Å². The number of benzene rings is 2. The third-order valence-electron chi connectivity index (χ3n) is 7.51. The predicted octanol–water partition coefficient (Wildman–Crippen LogP) is 9.26. The molecule has 0 aliphatic carbocycles. The molecule has 0 aliphatic rings. The van der Waals surface area contributed by atoms with Gasteiger partial charge in [-0.1, -0.05) is 120 Å². The zero-order valence-corrected chi connectivity index (χ0v) is 25.3. The van der Waals surface area contributed by atoms with E-state index >= 15 is 0 Å². The summed E-state index contributed by atoms with van der Waals surface area (Å²) in [6.45, 7) is 4.29. The molecule has 0 bridgehead atoms. The number of unbranched alkanes of at least 4 members (excludes halogenated alkanes) is 12. The number of nitrogens with zero attached hydrogens (tertiary/aromatic N) is 1. The Balaban J connectivity index is 1.48. The van der Waals surface area contributed by atoms with Crippen LogP contribution in [-0.2, 0) is 22.5 Å². The number of carbonyl (C=O) groups is 1. The summed E-state index contributed by atoms with van der Waals surface area (Å²) in [7, 11) is 4.48. The molecule has 4 heteroatoms. The topological polar surface area (TPSA) is 35.5 Å². The molecule has 0 unspecified atom stereocenters. The number of hydrogen-bond donors (Lipinski definition) is 0. The second kappa shape index (κ2) is 20.6. The fraction of sp³-hybridized carbons (Fsp3) is 0.629. The molecule has 2 rings (SSSR count). The highest BCUT2D eigenvalue weighted by molar-refractivity contribution is 5.69. The van der Waals surface area contributed by atoms with Gasteiger partial charge in [-0.2, -0.15) is 0 Å². The summed E-state index contributed by atoms with van der Waals surface area (Å²) >= 11 is 0. The van der Waals surface area contributed by atoms with E-state index in [2.05, 4.69) is 63.5 Å². The second-order valence-corrected chi connectivity index (χ2v) is 11.8. The van der Waals surface area contributed by atoms with Gasteiger partial charge in [0.15, 0.2) is 0 Å². The monoisotopic (exact) mass is 538 g/mol. The summed E-state index contributed by atoms with van der Waals surface area (Å²) in [5.74, 6) is 0.593. The zero-order chi connectivity index (χ0) is 28.0. The van der Waals surface area contributed by atoms with Gasteiger partial charge in [-0.15, -0.1) is 0 Å². The van der Waals surface area contributed by atoms with Gasteiger partial charge in [-0.3, -0.25) is 4.79 Å². The average Bonchev–Trinajstić information content (AvgIpc) is 2.92. The molecule has 0 heterocycles. The first-order valence-corrected chi connectivity index (χ1v) is 15.7. The minimum atomic E-state index is -0.184. The second-order valence-electron chi connectivity index (χ2n) is 11.8. The lowest BCUT2D eigenvalue weighted by molar-refractivity contribution is -0.903. The highest BCUT2D eigenvalue weighted by Crippen LogP contribution is 2.17. The molecule has 0 saturated heterocycles. The van der Waals surface area contributed by atoms with Crippen molar-refractivity contribution in [3.63, 3.8) is 0 Å². The van der Waals surface area contributed by atoms with Crippen molar-refractivity contribution in [3.05, 3.63) is 65.7 Å². The van der Waals surface area contributed by atoms with Crippen LogP contribution in [0.2, 0.25) is 0 Å². The van der Waals surface area contributed by atoms with Gasteiger partial charge in [0.25, 0.3) is 0 Å². The smallest absolute Gasteiger partial charge is 0.308 e. The van der Waals surface area contributed by atoms with E-state index in [1.165, 1.54) is 88.2 Å². The number of aryl methyl sites for hydroxylation is 1. The summed E-state index contributed by atoms with van der Waals surface area (Å²) < 4.78 is 12.0. The molecular weight excluding hydrogens is 482 g/mol. The normalized spacial score (nSPS) is 11.5. The van der Waals surface area contributed by atoms with Crippen LogP contribution in [-0.4, -0.2) is 37.9 Å². The Morgan fingerprint density at radius 2 is 1.31 bits per heavy atom. The van der Waals surface area contributed by atoms with E-state index in [1.807, 2.05) is 12.1 Å². The molecule has 39 heavy (non-hydrogen) atoms. The Morgan fingerprint density at radius 1 is 0.692 bits per heavy atom. The van der Waals surface area contributed by atoms with Gasteiger partial charge in [0.1, 0.15) is 12.3 Å².